The smallest absolute Gasteiger partial charge is 0.285 e. The highest BCUT2D eigenvalue weighted by Gasteiger charge is 2.18. The van der Waals surface area contributed by atoms with Gasteiger partial charge in [0.25, 0.3) is 13.6 Å². The van der Waals surface area contributed by atoms with Crippen LogP contribution in [0.3, 0.4) is 0 Å². The second-order valence-corrected chi connectivity index (χ2v) is 8.81. The molecular formula is C22H24N3O5P. The lowest BCUT2D eigenvalue weighted by molar-refractivity contribution is -0.712. The summed E-state index contributed by atoms with van der Waals surface area (Å²) in [6.07, 6.45) is 9.18. The van der Waals surface area contributed by atoms with Crippen molar-refractivity contribution in [2.24, 2.45) is 0 Å². The van der Waals surface area contributed by atoms with Gasteiger partial charge in [0.2, 0.25) is 0 Å². The van der Waals surface area contributed by atoms with Gasteiger partial charge in [-0.25, -0.2) is 4.57 Å². The fraction of sp³-hybridized carbons (Fsp3) is 0.273. The van der Waals surface area contributed by atoms with Crippen molar-refractivity contribution in [1.82, 2.24) is 5.16 Å². The highest BCUT2D eigenvalue weighted by molar-refractivity contribution is 7.44. The van der Waals surface area contributed by atoms with Crippen LogP contribution >= 0.6 is 7.82 Å². The number of rotatable bonds is 8. The summed E-state index contributed by atoms with van der Waals surface area (Å²) in [6, 6.07) is 13.7. The van der Waals surface area contributed by atoms with Gasteiger partial charge < -0.3 is 14.3 Å². The lowest BCUT2D eigenvalue weighted by Crippen LogP contribution is -2.38. The van der Waals surface area contributed by atoms with Crippen molar-refractivity contribution in [2.75, 3.05) is 5.73 Å². The topological polar surface area (TPSA) is 126 Å². The van der Waals surface area contributed by atoms with E-state index < -0.39 is 14.6 Å². The molecule has 2 aromatic heterocycles. The Labute approximate surface area is 180 Å². The molecule has 0 saturated heterocycles. The van der Waals surface area contributed by atoms with E-state index in [0.29, 0.717) is 17.7 Å². The number of hydrogen-bond acceptors (Lipinski definition) is 6. The number of nitrogens with two attached hydrogens (primary N) is 1. The number of anilines is 1. The molecule has 9 heteroatoms. The van der Waals surface area contributed by atoms with Crippen LogP contribution in [0.5, 0.6) is 0 Å². The van der Waals surface area contributed by atoms with Crippen LogP contribution in [-0.4, -0.2) is 10.1 Å². The molecule has 162 valence electrons. The molecule has 1 atom stereocenters. The first-order chi connectivity index (χ1) is 14.9. The molecule has 3 aromatic rings. The van der Waals surface area contributed by atoms with E-state index >= 15 is 0 Å². The Balaban J connectivity index is 1.44. The van der Waals surface area contributed by atoms with Crippen LogP contribution in [0.4, 0.5) is 5.82 Å². The summed E-state index contributed by atoms with van der Waals surface area (Å²) in [5.74, 6) is 0.685. The number of allylic oxidation sites excluding steroid dienone is 2. The number of pyridine rings is 1. The van der Waals surface area contributed by atoms with Gasteiger partial charge in [-0.05, 0) is 48.9 Å². The van der Waals surface area contributed by atoms with Gasteiger partial charge in [-0.2, -0.15) is 0 Å². The predicted molar refractivity (Wildman–Crippen MR) is 112 cm³/mol. The Kier molecular flexibility index (Phi) is 6.34. The minimum atomic E-state index is -4.85. The molecule has 1 aliphatic carbocycles. The van der Waals surface area contributed by atoms with Gasteiger partial charge in [0, 0.05) is 12.5 Å². The van der Waals surface area contributed by atoms with Crippen LogP contribution in [0.2, 0.25) is 0 Å². The number of hydrogen-bond donors (Lipinski definition) is 2. The minimum Gasteiger partial charge on any atom is -0.756 e. The summed E-state index contributed by atoms with van der Waals surface area (Å²) in [5.41, 5.74) is 11.4. The Bertz CT molecular complexity index is 1130. The second-order valence-electron chi connectivity index (χ2n) is 7.61. The van der Waals surface area contributed by atoms with Crippen LogP contribution in [0, 0.1) is 0 Å². The van der Waals surface area contributed by atoms with Crippen molar-refractivity contribution in [2.45, 2.75) is 38.8 Å². The molecule has 0 spiro atoms. The lowest BCUT2D eigenvalue weighted by atomic mass is 10.0. The molecule has 0 bridgehead atoms. The zero-order valence-electron chi connectivity index (χ0n) is 16.9. The molecule has 0 saturated carbocycles. The molecule has 3 N–H and O–H groups in total. The zero-order chi connectivity index (χ0) is 21.8. The molecular weight excluding hydrogens is 417 g/mol. The molecule has 1 aliphatic rings. The monoisotopic (exact) mass is 441 g/mol. The highest BCUT2D eigenvalue weighted by atomic mass is 31.2. The molecule has 0 aliphatic heterocycles. The van der Waals surface area contributed by atoms with Crippen LogP contribution in [0.25, 0.3) is 11.3 Å². The minimum absolute atomic E-state index is 0.226. The van der Waals surface area contributed by atoms with Crippen molar-refractivity contribution in [3.05, 3.63) is 77.1 Å². The van der Waals surface area contributed by atoms with E-state index in [4.69, 9.17) is 15.2 Å². The van der Waals surface area contributed by atoms with E-state index in [9.17, 15) is 9.46 Å². The van der Waals surface area contributed by atoms with E-state index in [2.05, 4.69) is 40.0 Å². The third-order valence-electron chi connectivity index (χ3n) is 5.27. The Hall–Kier alpha value is -2.77. The predicted octanol–water partition coefficient (Wildman–Crippen LogP) is 2.89. The number of aromatic nitrogens is 2. The van der Waals surface area contributed by atoms with Gasteiger partial charge in [0.1, 0.15) is 5.56 Å². The maximum absolute atomic E-state index is 10.8. The summed E-state index contributed by atoms with van der Waals surface area (Å²) in [5, 5.41) is 4.13. The number of nitrogens with zero attached hydrogens (tertiary/aromatic N) is 2. The number of benzene rings is 1. The van der Waals surface area contributed by atoms with Gasteiger partial charge in [-0.3, -0.25) is 14.8 Å². The van der Waals surface area contributed by atoms with Crippen molar-refractivity contribution in [3.63, 3.8) is 0 Å². The first-order valence-electron chi connectivity index (χ1n) is 10.1. The van der Waals surface area contributed by atoms with Gasteiger partial charge in [-0.15, -0.1) is 0 Å². The van der Waals surface area contributed by atoms with Gasteiger partial charge in [0.05, 0.1) is 11.9 Å². The third-order valence-corrected chi connectivity index (χ3v) is 5.71. The van der Waals surface area contributed by atoms with E-state index in [1.807, 2.05) is 0 Å². The molecule has 4 rings (SSSR count). The van der Waals surface area contributed by atoms with Crippen molar-refractivity contribution < 1.29 is 28.0 Å². The van der Waals surface area contributed by atoms with Crippen LogP contribution in [0.1, 0.15) is 36.1 Å². The van der Waals surface area contributed by atoms with E-state index in [0.717, 1.165) is 17.7 Å². The number of nitrogen functional groups attached to an aromatic ring is 1. The molecule has 1 aromatic carbocycles. The fourth-order valence-electron chi connectivity index (χ4n) is 3.69. The second kappa shape index (κ2) is 9.16. The molecule has 1 unspecified atom stereocenters. The van der Waals surface area contributed by atoms with Gasteiger partial charge in [0.15, 0.2) is 12.5 Å². The van der Waals surface area contributed by atoms with Crippen molar-refractivity contribution in [3.8, 4) is 11.3 Å². The van der Waals surface area contributed by atoms with Gasteiger partial charge in [-0.1, -0.05) is 41.1 Å². The van der Waals surface area contributed by atoms with E-state index in [1.165, 1.54) is 41.2 Å². The first-order valence-corrected chi connectivity index (χ1v) is 11.5. The molecule has 0 amide bonds. The molecule has 31 heavy (non-hydrogen) atoms. The molecule has 0 fully saturated rings. The summed E-state index contributed by atoms with van der Waals surface area (Å²) >= 11 is 0. The lowest BCUT2D eigenvalue weighted by Gasteiger charge is -2.14. The van der Waals surface area contributed by atoms with Crippen LogP contribution in [0.15, 0.2) is 64.8 Å². The molecule has 2 heterocycles. The summed E-state index contributed by atoms with van der Waals surface area (Å²) in [7, 11) is -4.85. The maximum atomic E-state index is 10.8. The zero-order valence-corrected chi connectivity index (χ0v) is 17.8. The number of phosphoric ester groups is 1. The standard InChI is InChI=1S/C22H24N3O5P/c23-22-20(6-3-11-25(22)15-29-31(26,27)28)21-14-19(24-30-21)13-18-9-7-17(8-10-18)12-16-4-1-2-5-16/h3-4,6-11,14,23H,1-2,5,12-13,15H2,(H2,26,27,28). The average molecular weight is 441 g/mol. The maximum Gasteiger partial charge on any atom is 0.285 e. The highest BCUT2D eigenvalue weighted by Crippen LogP contribution is 2.30. The first kappa shape index (κ1) is 21.5. The largest absolute Gasteiger partial charge is 0.756 e. The third kappa shape index (κ3) is 5.68. The van der Waals surface area contributed by atoms with Crippen molar-refractivity contribution in [1.29, 1.82) is 0 Å². The van der Waals surface area contributed by atoms with E-state index in [-0.39, 0.29) is 5.82 Å². The average Bonchev–Trinajstić information content (AvgIpc) is 3.40. The van der Waals surface area contributed by atoms with E-state index in [1.54, 1.807) is 18.2 Å². The summed E-state index contributed by atoms with van der Waals surface area (Å²) in [6.45, 7) is -0.443. The SMILES string of the molecule is Nc1c(-c2cc(Cc3ccc(CC4=CCCC4)cc3)no2)ccc[n+]1COP(=O)([O-])O. The van der Waals surface area contributed by atoms with Crippen LogP contribution in [-0.2, 0) is 28.7 Å². The summed E-state index contributed by atoms with van der Waals surface area (Å²) < 4.78 is 22.0. The Morgan fingerprint density at radius 2 is 1.97 bits per heavy atom. The Morgan fingerprint density at radius 1 is 1.23 bits per heavy atom. The van der Waals surface area contributed by atoms with Crippen LogP contribution < -0.4 is 15.2 Å². The molecule has 0 radical (unpaired) electrons. The number of phosphoric acid groups is 1. The molecule has 8 nitrogen and oxygen atoms in total. The summed E-state index contributed by atoms with van der Waals surface area (Å²) in [4.78, 5) is 19.6. The quantitative estimate of drug-likeness (QED) is 0.313. The normalized spacial score (nSPS) is 15.6. The van der Waals surface area contributed by atoms with Gasteiger partial charge >= 0.3 is 0 Å². The van der Waals surface area contributed by atoms with Crippen molar-refractivity contribution >= 4 is 13.6 Å². The fourth-order valence-corrected chi connectivity index (χ4v) is 3.96. The Morgan fingerprint density at radius 3 is 2.65 bits per heavy atom.